The van der Waals surface area contributed by atoms with Gasteiger partial charge in [0.05, 0.1) is 11.4 Å². The second kappa shape index (κ2) is 6.08. The molecule has 25 heavy (non-hydrogen) atoms. The van der Waals surface area contributed by atoms with Crippen molar-refractivity contribution in [3.8, 4) is 11.5 Å². The molecule has 3 amide bonds. The summed E-state index contributed by atoms with van der Waals surface area (Å²) in [4.78, 5) is 49.4. The fraction of sp³-hybridized carbons (Fsp3) is 0.0588. The van der Waals surface area contributed by atoms with Crippen LogP contribution in [0.3, 0.4) is 0 Å². The summed E-state index contributed by atoms with van der Waals surface area (Å²) in [7, 11) is 0. The van der Waals surface area contributed by atoms with Gasteiger partial charge in [0.25, 0.3) is 5.91 Å². The zero-order chi connectivity index (χ0) is 18.1. The van der Waals surface area contributed by atoms with Gasteiger partial charge in [-0.05, 0) is 24.3 Å². The largest absolute Gasteiger partial charge is 0.506 e. The minimum atomic E-state index is -1.88. The van der Waals surface area contributed by atoms with Crippen LogP contribution in [0, 0.1) is 5.92 Å². The van der Waals surface area contributed by atoms with Crippen LogP contribution in [0.5, 0.6) is 11.5 Å². The summed E-state index contributed by atoms with van der Waals surface area (Å²) in [5.74, 6) is -7.03. The molecule has 2 aromatic rings. The summed E-state index contributed by atoms with van der Waals surface area (Å²) in [6.07, 6.45) is 0. The number of phenols is 2. The van der Waals surface area contributed by atoms with Gasteiger partial charge in [-0.1, -0.05) is 24.3 Å². The first kappa shape index (κ1) is 16.2. The number of anilines is 2. The van der Waals surface area contributed by atoms with Gasteiger partial charge in [-0.3, -0.25) is 19.2 Å². The maximum atomic E-state index is 12.4. The third-order valence-corrected chi connectivity index (χ3v) is 3.69. The van der Waals surface area contributed by atoms with E-state index in [2.05, 4.69) is 5.32 Å². The fourth-order valence-corrected chi connectivity index (χ4v) is 2.47. The van der Waals surface area contributed by atoms with Gasteiger partial charge in [0, 0.05) is 0 Å². The third kappa shape index (κ3) is 2.69. The molecule has 2 aromatic carbocycles. The van der Waals surface area contributed by atoms with Crippen molar-refractivity contribution in [1.29, 1.82) is 0 Å². The Morgan fingerprint density at radius 1 is 0.920 bits per heavy atom. The molecule has 0 aromatic heterocycles. The van der Waals surface area contributed by atoms with Gasteiger partial charge in [0.2, 0.25) is 11.7 Å². The smallest absolute Gasteiger partial charge is 0.302 e. The van der Waals surface area contributed by atoms with Crippen molar-refractivity contribution in [3.05, 3.63) is 48.5 Å². The second-order valence-electron chi connectivity index (χ2n) is 5.27. The topological polar surface area (TPSA) is 124 Å². The standard InChI is InChI=1S/C17H12N2O6/c20-11-7-3-1-5-9(11)18-15(23)13-14(22)17(25)19(16(13)24)10-6-2-4-8-12(10)21/h1-8,13,20-21H,(H,18,23). The van der Waals surface area contributed by atoms with Gasteiger partial charge < -0.3 is 15.5 Å². The summed E-state index contributed by atoms with van der Waals surface area (Å²) >= 11 is 0. The van der Waals surface area contributed by atoms with Crippen LogP contribution < -0.4 is 10.2 Å². The zero-order valence-corrected chi connectivity index (χ0v) is 12.7. The van der Waals surface area contributed by atoms with E-state index in [1.165, 1.54) is 48.5 Å². The Balaban J connectivity index is 1.91. The Labute approximate surface area is 141 Å². The molecule has 0 spiro atoms. The highest BCUT2D eigenvalue weighted by molar-refractivity contribution is 6.60. The molecular formula is C17H12N2O6. The van der Waals surface area contributed by atoms with Crippen molar-refractivity contribution in [2.24, 2.45) is 5.92 Å². The number of hydrogen-bond acceptors (Lipinski definition) is 6. The number of benzene rings is 2. The van der Waals surface area contributed by atoms with Gasteiger partial charge in [0.15, 0.2) is 5.92 Å². The quantitative estimate of drug-likeness (QED) is 0.328. The van der Waals surface area contributed by atoms with Crippen LogP contribution in [0.25, 0.3) is 0 Å². The summed E-state index contributed by atoms with van der Waals surface area (Å²) in [5.41, 5.74) is -0.176. The van der Waals surface area contributed by atoms with Crippen LogP contribution in [-0.4, -0.2) is 33.7 Å². The first-order valence-electron chi connectivity index (χ1n) is 7.21. The lowest BCUT2D eigenvalue weighted by molar-refractivity contribution is -0.139. The number of hydrogen-bond donors (Lipinski definition) is 3. The minimum Gasteiger partial charge on any atom is -0.506 e. The molecule has 1 aliphatic rings. The Morgan fingerprint density at radius 2 is 1.52 bits per heavy atom. The van der Waals surface area contributed by atoms with E-state index in [1.807, 2.05) is 0 Å². The molecule has 1 atom stereocenters. The molecule has 8 nitrogen and oxygen atoms in total. The van der Waals surface area contributed by atoms with E-state index in [4.69, 9.17) is 0 Å². The molecule has 0 saturated carbocycles. The highest BCUT2D eigenvalue weighted by atomic mass is 16.3. The first-order valence-corrected chi connectivity index (χ1v) is 7.21. The Kier molecular flexibility index (Phi) is 3.94. The summed E-state index contributed by atoms with van der Waals surface area (Å²) in [6.45, 7) is 0. The number of para-hydroxylation sites is 4. The van der Waals surface area contributed by atoms with Crippen LogP contribution >= 0.6 is 0 Å². The number of aromatic hydroxyl groups is 2. The summed E-state index contributed by atoms with van der Waals surface area (Å²) in [5, 5.41) is 21.7. The number of Topliss-reactive ketones (excluding diaryl/α,β-unsaturated/α-hetero) is 1. The molecule has 0 radical (unpaired) electrons. The molecule has 126 valence electrons. The highest BCUT2D eigenvalue weighted by Crippen LogP contribution is 2.32. The predicted molar refractivity (Wildman–Crippen MR) is 85.8 cm³/mol. The van der Waals surface area contributed by atoms with Crippen molar-refractivity contribution < 1.29 is 29.4 Å². The predicted octanol–water partition coefficient (Wildman–Crippen LogP) is 0.795. The Morgan fingerprint density at radius 3 is 2.16 bits per heavy atom. The maximum Gasteiger partial charge on any atom is 0.302 e. The van der Waals surface area contributed by atoms with E-state index in [0.717, 1.165) is 0 Å². The Bertz CT molecular complexity index is 908. The van der Waals surface area contributed by atoms with Crippen LogP contribution in [0.15, 0.2) is 48.5 Å². The van der Waals surface area contributed by atoms with Crippen molar-refractivity contribution in [1.82, 2.24) is 0 Å². The van der Waals surface area contributed by atoms with E-state index in [1.54, 1.807) is 0 Å². The number of ketones is 1. The molecule has 1 heterocycles. The average Bonchev–Trinajstić information content (AvgIpc) is 2.80. The molecule has 1 saturated heterocycles. The van der Waals surface area contributed by atoms with Crippen molar-refractivity contribution in [3.63, 3.8) is 0 Å². The van der Waals surface area contributed by atoms with E-state index in [0.29, 0.717) is 4.90 Å². The van der Waals surface area contributed by atoms with Gasteiger partial charge in [0.1, 0.15) is 11.5 Å². The van der Waals surface area contributed by atoms with E-state index in [9.17, 15) is 29.4 Å². The number of carbonyl (C=O) groups excluding carboxylic acids is 4. The van der Waals surface area contributed by atoms with Gasteiger partial charge >= 0.3 is 5.91 Å². The lowest BCUT2D eigenvalue weighted by Gasteiger charge is -2.15. The van der Waals surface area contributed by atoms with Crippen LogP contribution in [0.1, 0.15) is 0 Å². The van der Waals surface area contributed by atoms with Crippen molar-refractivity contribution >= 4 is 34.9 Å². The number of rotatable bonds is 3. The lowest BCUT2D eigenvalue weighted by atomic mass is 10.1. The Hall–Kier alpha value is -3.68. The normalized spacial score (nSPS) is 17.0. The molecule has 1 unspecified atom stereocenters. The number of nitrogens with one attached hydrogen (secondary N) is 1. The molecule has 3 rings (SSSR count). The summed E-state index contributed by atoms with van der Waals surface area (Å²) < 4.78 is 0. The summed E-state index contributed by atoms with van der Waals surface area (Å²) in [6, 6.07) is 11.2. The van der Waals surface area contributed by atoms with Gasteiger partial charge in [-0.2, -0.15) is 0 Å². The van der Waals surface area contributed by atoms with Crippen molar-refractivity contribution in [2.45, 2.75) is 0 Å². The number of carbonyl (C=O) groups is 4. The highest BCUT2D eigenvalue weighted by Gasteiger charge is 2.52. The fourth-order valence-electron chi connectivity index (χ4n) is 2.47. The lowest BCUT2D eigenvalue weighted by Crippen LogP contribution is -2.34. The van der Waals surface area contributed by atoms with Gasteiger partial charge in [-0.25, -0.2) is 4.90 Å². The third-order valence-electron chi connectivity index (χ3n) is 3.69. The SMILES string of the molecule is O=C(Nc1ccccc1O)C1C(=O)C(=O)N(c2ccccc2O)C1=O. The van der Waals surface area contributed by atoms with Gasteiger partial charge in [-0.15, -0.1) is 0 Å². The van der Waals surface area contributed by atoms with Crippen LogP contribution in [0.2, 0.25) is 0 Å². The molecule has 1 aliphatic heterocycles. The average molecular weight is 340 g/mol. The molecule has 1 fully saturated rings. The zero-order valence-electron chi connectivity index (χ0n) is 12.7. The molecule has 0 bridgehead atoms. The number of amides is 3. The minimum absolute atomic E-state index is 0.00144. The molecular weight excluding hydrogens is 328 g/mol. The van der Waals surface area contributed by atoms with Crippen LogP contribution in [-0.2, 0) is 19.2 Å². The number of imide groups is 1. The molecule has 3 N–H and O–H groups in total. The first-order chi connectivity index (χ1) is 11.9. The maximum absolute atomic E-state index is 12.4. The van der Waals surface area contributed by atoms with Crippen molar-refractivity contribution in [2.75, 3.05) is 10.2 Å². The van der Waals surface area contributed by atoms with E-state index in [-0.39, 0.29) is 22.9 Å². The second-order valence-corrected chi connectivity index (χ2v) is 5.27. The molecule has 8 heteroatoms. The van der Waals surface area contributed by atoms with E-state index >= 15 is 0 Å². The van der Waals surface area contributed by atoms with Crippen LogP contribution in [0.4, 0.5) is 11.4 Å². The number of phenolic OH excluding ortho intramolecular Hbond substituents is 2. The number of nitrogens with zero attached hydrogens (tertiary/aromatic N) is 1. The monoisotopic (exact) mass is 340 g/mol. The van der Waals surface area contributed by atoms with E-state index < -0.39 is 29.4 Å². The molecule has 0 aliphatic carbocycles.